The highest BCUT2D eigenvalue weighted by atomic mass is 127. The molecule has 9 heteroatoms. The van der Waals surface area contributed by atoms with Gasteiger partial charge >= 0.3 is 6.09 Å². The van der Waals surface area contributed by atoms with Gasteiger partial charge in [-0.3, -0.25) is 4.99 Å². The Bertz CT molecular complexity index is 809. The van der Waals surface area contributed by atoms with Crippen LogP contribution in [0.15, 0.2) is 58.1 Å². The maximum absolute atomic E-state index is 11.9. The normalized spacial score (nSPS) is 14.3. The van der Waals surface area contributed by atoms with Gasteiger partial charge < -0.3 is 29.4 Å². The van der Waals surface area contributed by atoms with Crippen molar-refractivity contribution >= 4 is 36.0 Å². The van der Waals surface area contributed by atoms with Crippen molar-refractivity contribution in [1.29, 1.82) is 0 Å². The molecule has 0 spiro atoms. The van der Waals surface area contributed by atoms with Crippen LogP contribution < -0.4 is 15.4 Å². The third kappa shape index (κ3) is 9.93. The first kappa shape index (κ1) is 26.8. The molecule has 2 aromatic rings. The van der Waals surface area contributed by atoms with Crippen LogP contribution in [0.4, 0.5) is 4.79 Å². The average molecular weight is 570 g/mol. The Labute approximate surface area is 213 Å². The summed E-state index contributed by atoms with van der Waals surface area (Å²) in [5.74, 6) is 2.60. The number of guanidine groups is 1. The number of piperidine rings is 1. The number of carbonyl (C=O) groups is 1. The van der Waals surface area contributed by atoms with Crippen LogP contribution in [-0.2, 0) is 11.2 Å². The number of furan rings is 1. The van der Waals surface area contributed by atoms with Gasteiger partial charge in [-0.1, -0.05) is 18.2 Å². The molecule has 1 fully saturated rings. The molecule has 2 heterocycles. The van der Waals surface area contributed by atoms with Crippen molar-refractivity contribution in [3.05, 3.63) is 54.5 Å². The van der Waals surface area contributed by atoms with Gasteiger partial charge in [0.25, 0.3) is 0 Å². The van der Waals surface area contributed by atoms with Crippen LogP contribution in [0.5, 0.6) is 5.75 Å². The largest absolute Gasteiger partial charge is 0.494 e. The van der Waals surface area contributed by atoms with Gasteiger partial charge in [-0.25, -0.2) is 4.79 Å². The molecular formula is C24H35IN4O4. The van der Waals surface area contributed by atoms with E-state index < -0.39 is 0 Å². The molecule has 1 aliphatic heterocycles. The molecule has 2 N–H and O–H groups in total. The van der Waals surface area contributed by atoms with Gasteiger partial charge in [0, 0.05) is 45.1 Å². The Kier molecular flexibility index (Phi) is 12.5. The minimum Gasteiger partial charge on any atom is -0.494 e. The van der Waals surface area contributed by atoms with E-state index in [9.17, 15) is 4.79 Å². The van der Waals surface area contributed by atoms with Crippen molar-refractivity contribution < 1.29 is 18.7 Å². The first-order valence-electron chi connectivity index (χ1n) is 11.4. The lowest BCUT2D eigenvalue weighted by atomic mass is 10.1. The van der Waals surface area contributed by atoms with E-state index in [4.69, 9.17) is 18.9 Å². The highest BCUT2D eigenvalue weighted by Crippen LogP contribution is 2.12. The fourth-order valence-electron chi connectivity index (χ4n) is 3.49. The molecule has 0 unspecified atom stereocenters. The molecule has 33 heavy (non-hydrogen) atoms. The van der Waals surface area contributed by atoms with Crippen LogP contribution in [0.3, 0.4) is 0 Å². The van der Waals surface area contributed by atoms with E-state index in [1.165, 1.54) is 0 Å². The molecule has 0 aliphatic carbocycles. The predicted molar refractivity (Wildman–Crippen MR) is 139 cm³/mol. The van der Waals surface area contributed by atoms with E-state index >= 15 is 0 Å². The summed E-state index contributed by atoms with van der Waals surface area (Å²) >= 11 is 0. The number of nitrogens with one attached hydrogen (secondary N) is 2. The Morgan fingerprint density at radius 1 is 1.18 bits per heavy atom. The maximum atomic E-state index is 11.9. The second kappa shape index (κ2) is 15.4. The number of halogens is 1. The second-order valence-corrected chi connectivity index (χ2v) is 7.61. The molecule has 0 bridgehead atoms. The number of nitrogens with zero attached hydrogens (tertiary/aromatic N) is 2. The highest BCUT2D eigenvalue weighted by molar-refractivity contribution is 14.0. The highest BCUT2D eigenvalue weighted by Gasteiger charge is 2.24. The fourth-order valence-corrected chi connectivity index (χ4v) is 3.49. The zero-order valence-electron chi connectivity index (χ0n) is 19.2. The Balaban J connectivity index is 0.00000385. The van der Waals surface area contributed by atoms with Crippen molar-refractivity contribution in [1.82, 2.24) is 15.5 Å². The predicted octanol–water partition coefficient (Wildman–Crippen LogP) is 4.07. The van der Waals surface area contributed by atoms with Crippen LogP contribution in [0, 0.1) is 0 Å². The molecule has 3 rings (SSSR count). The zero-order valence-corrected chi connectivity index (χ0v) is 21.5. The summed E-state index contributed by atoms with van der Waals surface area (Å²) < 4.78 is 16.3. The molecule has 0 atom stereocenters. The average Bonchev–Trinajstić information content (AvgIpc) is 3.33. The summed E-state index contributed by atoms with van der Waals surface area (Å²) in [6.07, 6.45) is 4.78. The third-order valence-corrected chi connectivity index (χ3v) is 5.19. The summed E-state index contributed by atoms with van der Waals surface area (Å²) in [6, 6.07) is 13.9. The van der Waals surface area contributed by atoms with Crippen LogP contribution in [0.25, 0.3) is 0 Å². The Hall–Kier alpha value is -2.43. The summed E-state index contributed by atoms with van der Waals surface area (Å²) in [7, 11) is 0. The number of rotatable bonds is 10. The Morgan fingerprint density at radius 3 is 2.67 bits per heavy atom. The number of aliphatic imine (C=N–C) groups is 1. The van der Waals surface area contributed by atoms with E-state index in [-0.39, 0.29) is 36.1 Å². The fraction of sp³-hybridized carbons (Fsp3) is 0.500. The number of likely N-dealkylation sites (tertiary alicyclic amines) is 1. The number of hydrogen-bond donors (Lipinski definition) is 2. The SMILES string of the molecule is CCOC(=O)N1CCC(NC(=NCCCOc2ccccc2)NCCc2ccco2)CC1.I. The minimum absolute atomic E-state index is 0. The lowest BCUT2D eigenvalue weighted by Crippen LogP contribution is -2.50. The van der Waals surface area contributed by atoms with Gasteiger partial charge in [0.15, 0.2) is 5.96 Å². The van der Waals surface area contributed by atoms with Crippen LogP contribution in [0.2, 0.25) is 0 Å². The molecule has 1 aromatic carbocycles. The van der Waals surface area contributed by atoms with Gasteiger partial charge in [0.05, 0.1) is 19.5 Å². The van der Waals surface area contributed by atoms with Gasteiger partial charge in [-0.2, -0.15) is 0 Å². The first-order chi connectivity index (χ1) is 15.7. The molecule has 8 nitrogen and oxygen atoms in total. The van der Waals surface area contributed by atoms with Gasteiger partial charge in [-0.15, -0.1) is 24.0 Å². The lowest BCUT2D eigenvalue weighted by Gasteiger charge is -2.32. The molecule has 1 amide bonds. The van der Waals surface area contributed by atoms with Crippen molar-refractivity contribution in [2.45, 2.75) is 38.6 Å². The summed E-state index contributed by atoms with van der Waals surface area (Å²) in [5, 5.41) is 6.93. The smallest absolute Gasteiger partial charge is 0.409 e. The standard InChI is InChI=1S/C24H34N4O4.HI/c1-2-30-24(29)28-16-12-20(13-17-28)27-23(26-15-11-22-10-6-18-31-22)25-14-7-19-32-21-8-4-3-5-9-21;/h3-6,8-10,18,20H,2,7,11-17,19H2,1H3,(H2,25,26,27);1H. The quantitative estimate of drug-likeness (QED) is 0.194. The lowest BCUT2D eigenvalue weighted by molar-refractivity contribution is 0.0963. The van der Waals surface area contributed by atoms with E-state index in [1.54, 1.807) is 11.2 Å². The summed E-state index contributed by atoms with van der Waals surface area (Å²) in [5.41, 5.74) is 0. The number of ether oxygens (including phenoxy) is 2. The van der Waals surface area contributed by atoms with Gasteiger partial charge in [0.1, 0.15) is 11.5 Å². The van der Waals surface area contributed by atoms with E-state index in [1.807, 2.05) is 49.4 Å². The number of carbonyl (C=O) groups excluding carboxylic acids is 1. The molecule has 182 valence electrons. The summed E-state index contributed by atoms with van der Waals surface area (Å²) in [4.78, 5) is 18.4. The molecule has 1 saturated heterocycles. The van der Waals surface area contributed by atoms with Crippen LogP contribution in [0.1, 0.15) is 31.9 Å². The minimum atomic E-state index is -0.227. The van der Waals surface area contributed by atoms with Crippen molar-refractivity contribution in [2.75, 3.05) is 39.4 Å². The van der Waals surface area contributed by atoms with Crippen molar-refractivity contribution in [3.8, 4) is 5.75 Å². The molecule has 0 saturated carbocycles. The zero-order chi connectivity index (χ0) is 22.4. The third-order valence-electron chi connectivity index (χ3n) is 5.19. The van der Waals surface area contributed by atoms with Crippen molar-refractivity contribution in [2.24, 2.45) is 4.99 Å². The second-order valence-electron chi connectivity index (χ2n) is 7.61. The first-order valence-corrected chi connectivity index (χ1v) is 11.4. The molecule has 1 aliphatic rings. The van der Waals surface area contributed by atoms with Crippen LogP contribution >= 0.6 is 24.0 Å². The number of amides is 1. The summed E-state index contributed by atoms with van der Waals surface area (Å²) in [6.45, 7) is 5.59. The van der Waals surface area contributed by atoms with Crippen LogP contribution in [-0.4, -0.2) is 62.4 Å². The molecule has 0 radical (unpaired) electrons. The van der Waals surface area contributed by atoms with E-state index in [2.05, 4.69) is 10.6 Å². The van der Waals surface area contributed by atoms with E-state index in [0.29, 0.717) is 32.8 Å². The Morgan fingerprint density at radius 2 is 1.97 bits per heavy atom. The van der Waals surface area contributed by atoms with Crippen molar-refractivity contribution in [3.63, 3.8) is 0 Å². The monoisotopic (exact) mass is 570 g/mol. The number of benzene rings is 1. The topological polar surface area (TPSA) is 88.3 Å². The number of hydrogen-bond acceptors (Lipinski definition) is 5. The number of para-hydroxylation sites is 1. The van der Waals surface area contributed by atoms with Gasteiger partial charge in [0.2, 0.25) is 0 Å². The molecular weight excluding hydrogens is 535 g/mol. The van der Waals surface area contributed by atoms with E-state index in [0.717, 1.165) is 49.7 Å². The molecule has 1 aromatic heterocycles. The van der Waals surface area contributed by atoms with Gasteiger partial charge in [-0.05, 0) is 44.0 Å². The maximum Gasteiger partial charge on any atom is 0.409 e.